The van der Waals surface area contributed by atoms with Crippen molar-refractivity contribution in [3.63, 3.8) is 0 Å². The second kappa shape index (κ2) is 6.12. The molecule has 1 N–H and O–H groups in total. The molecular formula is C12H18N6O. The summed E-state index contributed by atoms with van der Waals surface area (Å²) in [6.45, 7) is 4.87. The van der Waals surface area contributed by atoms with Gasteiger partial charge in [-0.05, 0) is 18.4 Å². The Hall–Kier alpha value is -2.18. The molecule has 0 aromatic carbocycles. The summed E-state index contributed by atoms with van der Waals surface area (Å²) in [5.74, 6) is 1.47. The molecule has 0 fully saturated rings. The minimum absolute atomic E-state index is 0.311. The molecule has 0 aliphatic heterocycles. The van der Waals surface area contributed by atoms with Gasteiger partial charge in [-0.1, -0.05) is 13.8 Å². The highest BCUT2D eigenvalue weighted by Gasteiger charge is 2.08. The highest BCUT2D eigenvalue weighted by molar-refractivity contribution is 5.28. The first kappa shape index (κ1) is 13.3. The second-order valence-electron chi connectivity index (χ2n) is 4.47. The van der Waals surface area contributed by atoms with Crippen LogP contribution < -0.4 is 10.1 Å². The topological polar surface area (TPSA) is 77.8 Å². The van der Waals surface area contributed by atoms with Gasteiger partial charge in [0.15, 0.2) is 0 Å². The summed E-state index contributed by atoms with van der Waals surface area (Å²) in [5, 5.41) is 6.98. The number of aromatic nitrogens is 5. The summed E-state index contributed by atoms with van der Waals surface area (Å²) >= 11 is 0. The molecule has 2 heterocycles. The summed E-state index contributed by atoms with van der Waals surface area (Å²) in [4.78, 5) is 12.6. The standard InChI is InChI=1S/C12H18N6O/c1-9(2)5-8-19-12-16-10(13-3)15-11(17-12)18-7-4-6-14-18/h4,6-7,9H,5,8H2,1-3H3,(H,13,15,16,17). The molecule has 7 heteroatoms. The van der Waals surface area contributed by atoms with Gasteiger partial charge in [0.25, 0.3) is 5.95 Å². The highest BCUT2D eigenvalue weighted by atomic mass is 16.5. The van der Waals surface area contributed by atoms with E-state index in [9.17, 15) is 0 Å². The predicted molar refractivity (Wildman–Crippen MR) is 71.4 cm³/mol. The van der Waals surface area contributed by atoms with Crippen LogP contribution in [0.1, 0.15) is 20.3 Å². The molecule has 0 aliphatic rings. The van der Waals surface area contributed by atoms with Crippen molar-refractivity contribution in [1.82, 2.24) is 24.7 Å². The molecule has 0 saturated heterocycles. The predicted octanol–water partition coefficient (Wildman–Crippen LogP) is 1.52. The number of ether oxygens (including phenoxy) is 1. The molecule has 0 radical (unpaired) electrons. The van der Waals surface area contributed by atoms with Gasteiger partial charge in [0.1, 0.15) is 0 Å². The average Bonchev–Trinajstić information content (AvgIpc) is 2.92. The number of nitrogens with one attached hydrogen (secondary N) is 1. The van der Waals surface area contributed by atoms with Gasteiger partial charge in [-0.3, -0.25) is 0 Å². The van der Waals surface area contributed by atoms with E-state index in [0.717, 1.165) is 6.42 Å². The van der Waals surface area contributed by atoms with E-state index in [4.69, 9.17) is 4.74 Å². The van der Waals surface area contributed by atoms with E-state index in [1.165, 1.54) is 0 Å². The van der Waals surface area contributed by atoms with E-state index in [1.54, 1.807) is 24.1 Å². The van der Waals surface area contributed by atoms with Crippen LogP contribution in [0.3, 0.4) is 0 Å². The van der Waals surface area contributed by atoms with Gasteiger partial charge in [0.2, 0.25) is 5.95 Å². The van der Waals surface area contributed by atoms with E-state index in [0.29, 0.717) is 30.4 Å². The Morgan fingerprint density at radius 2 is 2.16 bits per heavy atom. The van der Waals surface area contributed by atoms with Gasteiger partial charge >= 0.3 is 6.01 Å². The highest BCUT2D eigenvalue weighted by Crippen LogP contribution is 2.11. The molecule has 2 rings (SSSR count). The first-order valence-electron chi connectivity index (χ1n) is 6.25. The molecule has 0 amide bonds. The normalized spacial score (nSPS) is 10.7. The third-order valence-electron chi connectivity index (χ3n) is 2.46. The second-order valence-corrected chi connectivity index (χ2v) is 4.47. The van der Waals surface area contributed by atoms with Gasteiger partial charge in [-0.25, -0.2) is 4.68 Å². The van der Waals surface area contributed by atoms with E-state index < -0.39 is 0 Å². The zero-order valence-electron chi connectivity index (χ0n) is 11.4. The van der Waals surface area contributed by atoms with Gasteiger partial charge < -0.3 is 10.1 Å². The van der Waals surface area contributed by atoms with Crippen molar-refractivity contribution in [2.75, 3.05) is 19.0 Å². The minimum atomic E-state index is 0.311. The van der Waals surface area contributed by atoms with Crippen LogP contribution in [-0.4, -0.2) is 38.4 Å². The Morgan fingerprint density at radius 1 is 1.32 bits per heavy atom. The summed E-state index contributed by atoms with van der Waals surface area (Å²) in [7, 11) is 1.75. The molecule has 19 heavy (non-hydrogen) atoms. The molecule has 0 atom stereocenters. The van der Waals surface area contributed by atoms with Gasteiger partial charge in [-0.15, -0.1) is 0 Å². The quantitative estimate of drug-likeness (QED) is 0.850. The fraction of sp³-hybridized carbons (Fsp3) is 0.500. The summed E-state index contributed by atoms with van der Waals surface area (Å²) < 4.78 is 7.12. The van der Waals surface area contributed by atoms with Gasteiger partial charge in [0, 0.05) is 19.4 Å². The first-order chi connectivity index (χ1) is 9.19. The molecule has 2 aromatic rings. The van der Waals surface area contributed by atoms with Crippen LogP contribution in [-0.2, 0) is 0 Å². The maximum Gasteiger partial charge on any atom is 0.323 e. The summed E-state index contributed by atoms with van der Waals surface area (Å²) in [6.07, 6.45) is 4.40. The molecule has 0 unspecified atom stereocenters. The maximum absolute atomic E-state index is 5.55. The molecule has 0 bridgehead atoms. The summed E-state index contributed by atoms with van der Waals surface area (Å²) in [6, 6.07) is 2.12. The van der Waals surface area contributed by atoms with Crippen molar-refractivity contribution < 1.29 is 4.74 Å². The molecule has 2 aromatic heterocycles. The molecule has 0 aliphatic carbocycles. The number of hydrogen-bond donors (Lipinski definition) is 1. The smallest absolute Gasteiger partial charge is 0.323 e. The van der Waals surface area contributed by atoms with E-state index in [1.807, 2.05) is 6.07 Å². The number of nitrogens with zero attached hydrogens (tertiary/aromatic N) is 5. The Kier molecular flexibility index (Phi) is 4.27. The lowest BCUT2D eigenvalue weighted by Crippen LogP contribution is -2.10. The van der Waals surface area contributed by atoms with Crippen LogP contribution in [0, 0.1) is 5.92 Å². The molecular weight excluding hydrogens is 244 g/mol. The van der Waals surface area contributed by atoms with Crippen LogP contribution in [0.25, 0.3) is 5.95 Å². The van der Waals surface area contributed by atoms with Crippen molar-refractivity contribution in [1.29, 1.82) is 0 Å². The van der Waals surface area contributed by atoms with Gasteiger partial charge in [-0.2, -0.15) is 20.1 Å². The Labute approximate surface area is 112 Å². The minimum Gasteiger partial charge on any atom is -0.463 e. The Bertz CT molecular complexity index is 511. The molecule has 7 nitrogen and oxygen atoms in total. The summed E-state index contributed by atoms with van der Waals surface area (Å²) in [5.41, 5.74) is 0. The third-order valence-corrected chi connectivity index (χ3v) is 2.46. The molecule has 0 spiro atoms. The fourth-order valence-electron chi connectivity index (χ4n) is 1.40. The number of rotatable bonds is 6. The van der Waals surface area contributed by atoms with Crippen LogP contribution in [0.5, 0.6) is 6.01 Å². The monoisotopic (exact) mass is 262 g/mol. The van der Waals surface area contributed by atoms with Crippen molar-refractivity contribution in [3.8, 4) is 12.0 Å². The largest absolute Gasteiger partial charge is 0.463 e. The van der Waals surface area contributed by atoms with Crippen molar-refractivity contribution in [3.05, 3.63) is 18.5 Å². The Balaban J connectivity index is 2.16. The van der Waals surface area contributed by atoms with Crippen LogP contribution in [0.2, 0.25) is 0 Å². The van der Waals surface area contributed by atoms with Crippen molar-refractivity contribution in [2.45, 2.75) is 20.3 Å². The number of hydrogen-bond acceptors (Lipinski definition) is 6. The maximum atomic E-state index is 5.55. The van der Waals surface area contributed by atoms with Crippen LogP contribution >= 0.6 is 0 Å². The van der Waals surface area contributed by atoms with E-state index >= 15 is 0 Å². The van der Waals surface area contributed by atoms with Crippen LogP contribution in [0.15, 0.2) is 18.5 Å². The van der Waals surface area contributed by atoms with Gasteiger partial charge in [0.05, 0.1) is 6.61 Å². The van der Waals surface area contributed by atoms with E-state index in [-0.39, 0.29) is 0 Å². The lowest BCUT2D eigenvalue weighted by molar-refractivity contribution is 0.267. The fourth-order valence-corrected chi connectivity index (χ4v) is 1.40. The average molecular weight is 262 g/mol. The zero-order valence-corrected chi connectivity index (χ0v) is 11.4. The SMILES string of the molecule is CNc1nc(OCCC(C)C)nc(-n2cccn2)n1. The molecule has 102 valence electrons. The first-order valence-corrected chi connectivity index (χ1v) is 6.25. The lowest BCUT2D eigenvalue weighted by atomic mass is 10.1. The van der Waals surface area contributed by atoms with Crippen molar-refractivity contribution in [2.24, 2.45) is 5.92 Å². The van der Waals surface area contributed by atoms with Crippen LogP contribution in [0.4, 0.5) is 5.95 Å². The third kappa shape index (κ3) is 3.64. The number of anilines is 1. The lowest BCUT2D eigenvalue weighted by Gasteiger charge is -2.09. The molecule has 0 saturated carbocycles. The zero-order chi connectivity index (χ0) is 13.7. The van der Waals surface area contributed by atoms with E-state index in [2.05, 4.69) is 39.2 Å². The Morgan fingerprint density at radius 3 is 2.79 bits per heavy atom. The van der Waals surface area contributed by atoms with Crippen molar-refractivity contribution >= 4 is 5.95 Å².